The number of amides is 1. The van der Waals surface area contributed by atoms with E-state index in [0.717, 1.165) is 0 Å². The minimum Gasteiger partial charge on any atom is -0.476 e. The van der Waals surface area contributed by atoms with E-state index < -0.39 is 6.61 Å². The highest BCUT2D eigenvalue weighted by atomic mass is 19.3. The highest BCUT2D eigenvalue weighted by Gasteiger charge is 2.29. The second kappa shape index (κ2) is 5.77. The molecule has 24 heavy (non-hydrogen) atoms. The minimum absolute atomic E-state index is 0.121. The van der Waals surface area contributed by atoms with Gasteiger partial charge >= 0.3 is 6.61 Å². The van der Waals surface area contributed by atoms with Gasteiger partial charge in [-0.05, 0) is 25.0 Å². The van der Waals surface area contributed by atoms with Crippen LogP contribution in [-0.4, -0.2) is 35.5 Å². The number of carbonyl (C=O) groups is 1. The van der Waals surface area contributed by atoms with Crippen LogP contribution in [0.25, 0.3) is 0 Å². The second-order valence-electron chi connectivity index (χ2n) is 5.63. The van der Waals surface area contributed by atoms with Gasteiger partial charge in [-0.2, -0.15) is 13.9 Å². The number of rotatable bonds is 3. The standard InChI is InChI=1S/C16H15F2N3O3/c17-16(18)24-13-5-1-4-12-10(13)3-2-6-20(12)15(22)11-9-14-21(19-11)7-8-23-14/h1,4-5,9,16H,2-3,6-8H2. The van der Waals surface area contributed by atoms with Crippen molar-refractivity contribution in [1.29, 1.82) is 0 Å². The average Bonchev–Trinajstić information content (AvgIpc) is 3.15. The van der Waals surface area contributed by atoms with Crippen molar-refractivity contribution in [3.05, 3.63) is 35.5 Å². The van der Waals surface area contributed by atoms with Crippen molar-refractivity contribution in [3.63, 3.8) is 0 Å². The van der Waals surface area contributed by atoms with Crippen molar-refractivity contribution in [2.75, 3.05) is 18.1 Å². The van der Waals surface area contributed by atoms with Gasteiger partial charge in [0, 0.05) is 18.2 Å². The van der Waals surface area contributed by atoms with Gasteiger partial charge in [-0.15, -0.1) is 0 Å². The Morgan fingerprint density at radius 2 is 2.21 bits per heavy atom. The van der Waals surface area contributed by atoms with Gasteiger partial charge in [-0.1, -0.05) is 6.07 Å². The molecule has 126 valence electrons. The number of hydrogen-bond donors (Lipinski definition) is 0. The molecule has 1 aromatic heterocycles. The first-order valence-electron chi connectivity index (χ1n) is 7.72. The topological polar surface area (TPSA) is 56.6 Å². The lowest BCUT2D eigenvalue weighted by atomic mass is 10.00. The Labute approximate surface area is 136 Å². The van der Waals surface area contributed by atoms with Gasteiger partial charge in [0.1, 0.15) is 12.4 Å². The van der Waals surface area contributed by atoms with Crippen molar-refractivity contribution < 1.29 is 23.0 Å². The first kappa shape index (κ1) is 14.9. The van der Waals surface area contributed by atoms with E-state index in [2.05, 4.69) is 9.84 Å². The molecule has 6 nitrogen and oxygen atoms in total. The number of benzene rings is 1. The Kier molecular flexibility index (Phi) is 3.59. The van der Waals surface area contributed by atoms with Gasteiger partial charge in [-0.25, -0.2) is 4.68 Å². The second-order valence-corrected chi connectivity index (χ2v) is 5.63. The number of anilines is 1. The molecule has 4 rings (SSSR count). The summed E-state index contributed by atoms with van der Waals surface area (Å²) >= 11 is 0. The third-order valence-electron chi connectivity index (χ3n) is 4.18. The minimum atomic E-state index is -2.89. The zero-order chi connectivity index (χ0) is 16.7. The fourth-order valence-corrected chi connectivity index (χ4v) is 3.17. The number of hydrogen-bond acceptors (Lipinski definition) is 4. The maximum Gasteiger partial charge on any atom is 0.387 e. The van der Waals surface area contributed by atoms with Crippen molar-refractivity contribution in [3.8, 4) is 11.6 Å². The fourth-order valence-electron chi connectivity index (χ4n) is 3.17. The summed E-state index contributed by atoms with van der Waals surface area (Å²) in [7, 11) is 0. The Balaban J connectivity index is 1.67. The molecule has 1 amide bonds. The van der Waals surface area contributed by atoms with E-state index in [1.807, 2.05) is 0 Å². The number of carbonyl (C=O) groups excluding carboxylic acids is 1. The van der Waals surface area contributed by atoms with Crippen LogP contribution >= 0.6 is 0 Å². The predicted molar refractivity (Wildman–Crippen MR) is 80.8 cm³/mol. The largest absolute Gasteiger partial charge is 0.476 e. The van der Waals surface area contributed by atoms with E-state index in [0.29, 0.717) is 49.7 Å². The van der Waals surface area contributed by atoms with Crippen LogP contribution in [0.2, 0.25) is 0 Å². The molecule has 0 atom stereocenters. The predicted octanol–water partition coefficient (Wildman–Crippen LogP) is 2.47. The molecular weight excluding hydrogens is 320 g/mol. The molecule has 0 aliphatic carbocycles. The third kappa shape index (κ3) is 2.47. The molecule has 0 saturated heterocycles. The smallest absolute Gasteiger partial charge is 0.387 e. The fraction of sp³-hybridized carbons (Fsp3) is 0.375. The number of halogens is 2. The normalized spacial score (nSPS) is 15.9. The highest BCUT2D eigenvalue weighted by molar-refractivity contribution is 6.05. The molecule has 0 saturated carbocycles. The molecule has 1 aromatic carbocycles. The summed E-state index contributed by atoms with van der Waals surface area (Å²) in [6, 6.07) is 6.46. The zero-order valence-electron chi connectivity index (χ0n) is 12.7. The van der Waals surface area contributed by atoms with Crippen LogP contribution in [0.4, 0.5) is 14.5 Å². The lowest BCUT2D eigenvalue weighted by Crippen LogP contribution is -2.36. The van der Waals surface area contributed by atoms with Gasteiger partial charge < -0.3 is 14.4 Å². The van der Waals surface area contributed by atoms with Crippen LogP contribution < -0.4 is 14.4 Å². The molecule has 0 bridgehead atoms. The van der Waals surface area contributed by atoms with Crippen molar-refractivity contribution in [2.24, 2.45) is 0 Å². The monoisotopic (exact) mass is 335 g/mol. The van der Waals surface area contributed by atoms with Crippen molar-refractivity contribution in [1.82, 2.24) is 9.78 Å². The quantitative estimate of drug-likeness (QED) is 0.865. The van der Waals surface area contributed by atoms with Gasteiger partial charge in [0.05, 0.1) is 12.2 Å². The van der Waals surface area contributed by atoms with E-state index >= 15 is 0 Å². The summed E-state index contributed by atoms with van der Waals surface area (Å²) in [6.45, 7) is -1.22. The van der Waals surface area contributed by atoms with Crippen LogP contribution in [0, 0.1) is 0 Å². The Morgan fingerprint density at radius 1 is 1.33 bits per heavy atom. The van der Waals surface area contributed by atoms with Crippen LogP contribution in [-0.2, 0) is 13.0 Å². The number of ether oxygens (including phenoxy) is 2. The van der Waals surface area contributed by atoms with Crippen LogP contribution in [0.15, 0.2) is 24.3 Å². The van der Waals surface area contributed by atoms with E-state index in [-0.39, 0.29) is 17.4 Å². The van der Waals surface area contributed by atoms with E-state index in [1.165, 1.54) is 6.07 Å². The lowest BCUT2D eigenvalue weighted by molar-refractivity contribution is -0.0504. The molecule has 0 unspecified atom stereocenters. The van der Waals surface area contributed by atoms with Crippen LogP contribution in [0.5, 0.6) is 11.6 Å². The molecule has 0 spiro atoms. The lowest BCUT2D eigenvalue weighted by Gasteiger charge is -2.30. The van der Waals surface area contributed by atoms with Gasteiger partial charge in [0.2, 0.25) is 5.88 Å². The highest BCUT2D eigenvalue weighted by Crippen LogP contribution is 2.36. The Hall–Kier alpha value is -2.64. The molecule has 0 N–H and O–H groups in total. The molecule has 0 fully saturated rings. The summed E-state index contributed by atoms with van der Waals surface area (Å²) in [5.41, 5.74) is 1.51. The molecule has 0 radical (unpaired) electrons. The molecule has 2 aliphatic rings. The van der Waals surface area contributed by atoms with Gasteiger partial charge in [-0.3, -0.25) is 4.79 Å². The summed E-state index contributed by atoms with van der Waals surface area (Å²) in [4.78, 5) is 14.4. The molecular formula is C16H15F2N3O3. The van der Waals surface area contributed by atoms with E-state index in [9.17, 15) is 13.6 Å². The number of aromatic nitrogens is 2. The SMILES string of the molecule is O=C(c1cc2n(n1)CCO2)N1CCCc2c(OC(F)F)cccc21. The molecule has 3 heterocycles. The molecule has 2 aliphatic heterocycles. The first-order chi connectivity index (χ1) is 11.6. The Morgan fingerprint density at radius 3 is 3.00 bits per heavy atom. The van der Waals surface area contributed by atoms with Crippen molar-refractivity contribution >= 4 is 11.6 Å². The number of fused-ring (bicyclic) bond motifs is 2. The maximum atomic E-state index is 12.8. The summed E-state index contributed by atoms with van der Waals surface area (Å²) in [5.74, 6) is 0.427. The van der Waals surface area contributed by atoms with Gasteiger partial charge in [0.25, 0.3) is 5.91 Å². The Bertz CT molecular complexity index is 769. The van der Waals surface area contributed by atoms with Crippen LogP contribution in [0.3, 0.4) is 0 Å². The van der Waals surface area contributed by atoms with Crippen molar-refractivity contribution in [2.45, 2.75) is 26.0 Å². The van der Waals surface area contributed by atoms with E-state index in [4.69, 9.17) is 4.74 Å². The average molecular weight is 335 g/mol. The summed E-state index contributed by atoms with van der Waals surface area (Å²) < 4.78 is 36.8. The first-order valence-corrected chi connectivity index (χ1v) is 7.72. The third-order valence-corrected chi connectivity index (χ3v) is 4.18. The maximum absolute atomic E-state index is 12.8. The zero-order valence-corrected chi connectivity index (χ0v) is 12.7. The number of alkyl halides is 2. The van der Waals surface area contributed by atoms with Gasteiger partial charge in [0.15, 0.2) is 5.69 Å². The van der Waals surface area contributed by atoms with Crippen LogP contribution in [0.1, 0.15) is 22.5 Å². The summed E-state index contributed by atoms with van der Waals surface area (Å²) in [5, 5.41) is 4.26. The molecule has 8 heteroatoms. The number of nitrogens with zero attached hydrogens (tertiary/aromatic N) is 3. The summed E-state index contributed by atoms with van der Waals surface area (Å²) in [6.07, 6.45) is 1.26. The molecule has 2 aromatic rings. The van der Waals surface area contributed by atoms with E-state index in [1.54, 1.807) is 27.8 Å².